The van der Waals surface area contributed by atoms with Crippen LogP contribution in [0.15, 0.2) is 18.2 Å². The maximum absolute atomic E-state index is 12.4. The molecule has 2 atom stereocenters. The monoisotopic (exact) mass is 370 g/mol. The van der Waals surface area contributed by atoms with Crippen LogP contribution in [0.25, 0.3) is 0 Å². The molecule has 3 rings (SSSR count). The van der Waals surface area contributed by atoms with E-state index >= 15 is 0 Å². The van der Waals surface area contributed by atoms with Crippen molar-refractivity contribution in [1.82, 2.24) is 9.62 Å². The Morgan fingerprint density at radius 2 is 1.88 bits per heavy atom. The predicted molar refractivity (Wildman–Crippen MR) is 90.3 cm³/mol. The topological polar surface area (TPSA) is 94.2 Å². The second kappa shape index (κ2) is 7.19. The Labute approximate surface area is 147 Å². The normalized spacial score (nSPS) is 23.4. The summed E-state index contributed by atoms with van der Waals surface area (Å²) in [6.45, 7) is 4.54. The van der Waals surface area contributed by atoms with Crippen LogP contribution in [-0.2, 0) is 14.8 Å². The van der Waals surface area contributed by atoms with Gasteiger partial charge < -0.3 is 19.5 Å². The van der Waals surface area contributed by atoms with Gasteiger partial charge in [0.25, 0.3) is 5.91 Å². The average molecular weight is 370 g/mol. The average Bonchev–Trinajstić information content (AvgIpc) is 3.01. The molecule has 0 saturated carbocycles. The number of fused-ring (bicyclic) bond motifs is 1. The third kappa shape index (κ3) is 4.23. The predicted octanol–water partition coefficient (Wildman–Crippen LogP) is 0.584. The van der Waals surface area contributed by atoms with Crippen LogP contribution in [0.3, 0.4) is 0 Å². The van der Waals surface area contributed by atoms with Gasteiger partial charge in [-0.1, -0.05) is 0 Å². The number of hydrogen-bond donors (Lipinski definition) is 1. The smallest absolute Gasteiger partial charge is 0.251 e. The number of rotatable bonds is 5. The van der Waals surface area contributed by atoms with E-state index in [9.17, 15) is 13.2 Å². The molecular weight excluding hydrogens is 348 g/mol. The highest BCUT2D eigenvalue weighted by molar-refractivity contribution is 7.89. The quantitative estimate of drug-likeness (QED) is 0.815. The van der Waals surface area contributed by atoms with Gasteiger partial charge in [-0.05, 0) is 32.0 Å². The SMILES string of the molecule is C[C@@H]1CN(S(=O)(=O)CCNC(=O)c2ccc3c(c2)OCO3)C[C@@H](C)O1. The summed E-state index contributed by atoms with van der Waals surface area (Å²) in [5, 5.41) is 2.64. The van der Waals surface area contributed by atoms with E-state index in [2.05, 4.69) is 5.32 Å². The van der Waals surface area contributed by atoms with Crippen LogP contribution in [0.2, 0.25) is 0 Å². The highest BCUT2D eigenvalue weighted by Gasteiger charge is 2.30. The molecule has 0 aliphatic carbocycles. The van der Waals surface area contributed by atoms with E-state index in [0.29, 0.717) is 30.2 Å². The number of amides is 1. The van der Waals surface area contributed by atoms with Gasteiger partial charge in [0.1, 0.15) is 0 Å². The second-order valence-corrected chi connectivity index (χ2v) is 8.30. The largest absolute Gasteiger partial charge is 0.454 e. The summed E-state index contributed by atoms with van der Waals surface area (Å²) in [5.41, 5.74) is 0.398. The number of hydrogen-bond acceptors (Lipinski definition) is 6. The molecule has 1 saturated heterocycles. The molecule has 9 heteroatoms. The lowest BCUT2D eigenvalue weighted by Gasteiger charge is -2.34. The van der Waals surface area contributed by atoms with Crippen LogP contribution in [0.1, 0.15) is 24.2 Å². The first-order chi connectivity index (χ1) is 11.8. The zero-order chi connectivity index (χ0) is 18.0. The number of carbonyl (C=O) groups is 1. The second-order valence-electron chi connectivity index (χ2n) is 6.21. The molecule has 1 fully saturated rings. The van der Waals surface area contributed by atoms with Crippen molar-refractivity contribution in [2.75, 3.05) is 32.2 Å². The summed E-state index contributed by atoms with van der Waals surface area (Å²) in [6, 6.07) is 4.85. The fourth-order valence-electron chi connectivity index (χ4n) is 2.92. The molecule has 0 bridgehead atoms. The molecule has 0 unspecified atom stereocenters. The van der Waals surface area contributed by atoms with E-state index in [1.165, 1.54) is 4.31 Å². The minimum absolute atomic E-state index is 0.0374. The lowest BCUT2D eigenvalue weighted by molar-refractivity contribution is -0.0440. The van der Waals surface area contributed by atoms with Crippen molar-refractivity contribution < 1.29 is 27.4 Å². The summed E-state index contributed by atoms with van der Waals surface area (Å²) in [7, 11) is -3.44. The highest BCUT2D eigenvalue weighted by atomic mass is 32.2. The Morgan fingerprint density at radius 3 is 2.60 bits per heavy atom. The number of nitrogens with zero attached hydrogens (tertiary/aromatic N) is 1. The first-order valence-electron chi connectivity index (χ1n) is 8.16. The molecule has 1 N–H and O–H groups in total. The molecule has 1 aromatic carbocycles. The van der Waals surface area contributed by atoms with Crippen molar-refractivity contribution >= 4 is 15.9 Å². The summed E-state index contributed by atoms with van der Waals surface area (Å²) in [6.07, 6.45) is -0.275. The summed E-state index contributed by atoms with van der Waals surface area (Å²) in [5.74, 6) is 0.603. The van der Waals surface area contributed by atoms with Crippen LogP contribution >= 0.6 is 0 Å². The van der Waals surface area contributed by atoms with E-state index in [4.69, 9.17) is 14.2 Å². The number of carbonyl (C=O) groups excluding carboxylic acids is 1. The van der Waals surface area contributed by atoms with Gasteiger partial charge in [-0.2, -0.15) is 4.31 Å². The van der Waals surface area contributed by atoms with Gasteiger partial charge >= 0.3 is 0 Å². The number of nitrogens with one attached hydrogen (secondary N) is 1. The Bertz CT molecular complexity index is 741. The van der Waals surface area contributed by atoms with E-state index < -0.39 is 10.0 Å². The fraction of sp³-hybridized carbons (Fsp3) is 0.562. The molecule has 2 heterocycles. The van der Waals surface area contributed by atoms with E-state index in [-0.39, 0.29) is 37.2 Å². The molecule has 2 aliphatic rings. The van der Waals surface area contributed by atoms with Crippen LogP contribution in [0, 0.1) is 0 Å². The number of ether oxygens (including phenoxy) is 3. The number of benzene rings is 1. The lowest BCUT2D eigenvalue weighted by Crippen LogP contribution is -2.49. The molecule has 0 aromatic heterocycles. The lowest BCUT2D eigenvalue weighted by atomic mass is 10.2. The van der Waals surface area contributed by atoms with Crippen LogP contribution in [0.4, 0.5) is 0 Å². The zero-order valence-electron chi connectivity index (χ0n) is 14.2. The van der Waals surface area contributed by atoms with Gasteiger partial charge in [-0.15, -0.1) is 0 Å². The fourth-order valence-corrected chi connectivity index (χ4v) is 4.41. The third-order valence-electron chi connectivity index (χ3n) is 4.06. The molecule has 0 spiro atoms. The Kier molecular flexibility index (Phi) is 5.16. The minimum atomic E-state index is -3.44. The summed E-state index contributed by atoms with van der Waals surface area (Å²) >= 11 is 0. The standard InChI is InChI=1S/C16H22N2O6S/c1-11-8-18(9-12(2)24-11)25(20,21)6-5-17-16(19)13-3-4-14-15(7-13)23-10-22-14/h3-4,7,11-12H,5-6,8-10H2,1-2H3,(H,17,19)/t11-,12-/m1/s1. The van der Waals surface area contributed by atoms with E-state index in [1.54, 1.807) is 18.2 Å². The minimum Gasteiger partial charge on any atom is -0.454 e. The van der Waals surface area contributed by atoms with Crippen molar-refractivity contribution in [3.05, 3.63) is 23.8 Å². The van der Waals surface area contributed by atoms with Crippen LogP contribution in [0.5, 0.6) is 11.5 Å². The third-order valence-corrected chi connectivity index (χ3v) is 5.86. The molecular formula is C16H22N2O6S. The Morgan fingerprint density at radius 1 is 1.20 bits per heavy atom. The Balaban J connectivity index is 1.54. The van der Waals surface area contributed by atoms with Crippen molar-refractivity contribution in [3.63, 3.8) is 0 Å². The number of morpholine rings is 1. The molecule has 0 radical (unpaired) electrons. The van der Waals surface area contributed by atoms with Gasteiger partial charge in [-0.3, -0.25) is 4.79 Å². The van der Waals surface area contributed by atoms with Crippen molar-refractivity contribution in [2.45, 2.75) is 26.1 Å². The molecule has 25 heavy (non-hydrogen) atoms. The van der Waals surface area contributed by atoms with Crippen molar-refractivity contribution in [2.24, 2.45) is 0 Å². The van der Waals surface area contributed by atoms with Crippen molar-refractivity contribution in [1.29, 1.82) is 0 Å². The maximum Gasteiger partial charge on any atom is 0.251 e. The van der Waals surface area contributed by atoms with Gasteiger partial charge in [0.05, 0.1) is 18.0 Å². The first kappa shape index (κ1) is 18.0. The van der Waals surface area contributed by atoms with Crippen LogP contribution in [-0.4, -0.2) is 63.0 Å². The molecule has 138 valence electrons. The maximum atomic E-state index is 12.4. The van der Waals surface area contributed by atoms with Gasteiger partial charge in [-0.25, -0.2) is 8.42 Å². The van der Waals surface area contributed by atoms with Crippen molar-refractivity contribution in [3.8, 4) is 11.5 Å². The first-order valence-corrected chi connectivity index (χ1v) is 9.77. The van der Waals surface area contributed by atoms with E-state index in [0.717, 1.165) is 0 Å². The van der Waals surface area contributed by atoms with Gasteiger partial charge in [0.15, 0.2) is 11.5 Å². The van der Waals surface area contributed by atoms with E-state index in [1.807, 2.05) is 13.8 Å². The molecule has 1 amide bonds. The van der Waals surface area contributed by atoms with Crippen LogP contribution < -0.4 is 14.8 Å². The van der Waals surface area contributed by atoms with Gasteiger partial charge in [0, 0.05) is 25.2 Å². The zero-order valence-corrected chi connectivity index (χ0v) is 15.0. The highest BCUT2D eigenvalue weighted by Crippen LogP contribution is 2.32. The molecule has 2 aliphatic heterocycles. The Hall–Kier alpha value is -1.84. The summed E-state index contributed by atoms with van der Waals surface area (Å²) in [4.78, 5) is 12.2. The molecule has 1 aromatic rings. The summed E-state index contributed by atoms with van der Waals surface area (Å²) < 4.78 is 42.3. The number of sulfonamides is 1. The van der Waals surface area contributed by atoms with Gasteiger partial charge in [0.2, 0.25) is 16.8 Å². The molecule has 8 nitrogen and oxygen atoms in total.